The molecular weight excluding hydrogens is 207 g/mol. The minimum atomic E-state index is -0.299. The van der Waals surface area contributed by atoms with Crippen LogP contribution in [0.4, 0.5) is 4.39 Å². The molecule has 0 aromatic carbocycles. The first-order valence-electron chi connectivity index (χ1n) is 5.62. The quantitative estimate of drug-likeness (QED) is 0.840. The predicted octanol–water partition coefficient (Wildman–Crippen LogP) is 1.28. The molecule has 1 aliphatic rings. The van der Waals surface area contributed by atoms with Crippen LogP contribution in [0.15, 0.2) is 18.3 Å². The third-order valence-electron chi connectivity index (χ3n) is 3.25. The topological polar surface area (TPSA) is 36.4 Å². The Kier molecular flexibility index (Phi) is 3.51. The highest BCUT2D eigenvalue weighted by Crippen LogP contribution is 2.23. The summed E-state index contributed by atoms with van der Waals surface area (Å²) in [6.45, 7) is 5.01. The maximum absolute atomic E-state index is 12.7. The van der Waals surface area contributed by atoms with Gasteiger partial charge in [0.05, 0.1) is 11.9 Å². The maximum Gasteiger partial charge on any atom is 0.141 e. The number of aliphatic hydroxyl groups is 1. The molecule has 0 radical (unpaired) electrons. The van der Waals surface area contributed by atoms with Crippen LogP contribution in [0.1, 0.15) is 12.6 Å². The zero-order valence-corrected chi connectivity index (χ0v) is 9.43. The Balaban J connectivity index is 1.94. The highest BCUT2D eigenvalue weighted by atomic mass is 19.1. The Morgan fingerprint density at radius 3 is 2.88 bits per heavy atom. The smallest absolute Gasteiger partial charge is 0.141 e. The number of halogens is 1. The molecule has 1 aromatic rings. The SMILES string of the molecule is C[C@@H]1CN(Cc2ccc(F)cn2)C[C@H]1CO. The van der Waals surface area contributed by atoms with Gasteiger partial charge in [0.15, 0.2) is 0 Å². The lowest BCUT2D eigenvalue weighted by atomic mass is 10.00. The number of pyridine rings is 1. The van der Waals surface area contributed by atoms with Crippen molar-refractivity contribution in [1.29, 1.82) is 0 Å². The predicted molar refractivity (Wildman–Crippen MR) is 59.2 cm³/mol. The van der Waals surface area contributed by atoms with Crippen LogP contribution in [-0.2, 0) is 6.54 Å². The van der Waals surface area contributed by atoms with E-state index in [1.54, 1.807) is 6.07 Å². The Labute approximate surface area is 94.9 Å². The van der Waals surface area contributed by atoms with Crippen LogP contribution < -0.4 is 0 Å². The standard InChI is InChI=1S/C12H17FN2O/c1-9-5-15(6-10(9)8-16)7-12-3-2-11(13)4-14-12/h2-4,9-10,16H,5-8H2,1H3/t9-,10+/m1/s1. The van der Waals surface area contributed by atoms with Crippen LogP contribution in [0.25, 0.3) is 0 Å². The molecular formula is C12H17FN2O. The van der Waals surface area contributed by atoms with Crippen molar-refractivity contribution in [3.05, 3.63) is 29.8 Å². The fourth-order valence-electron chi connectivity index (χ4n) is 2.24. The van der Waals surface area contributed by atoms with E-state index in [4.69, 9.17) is 5.11 Å². The van der Waals surface area contributed by atoms with Crippen molar-refractivity contribution < 1.29 is 9.50 Å². The minimum Gasteiger partial charge on any atom is -0.396 e. The summed E-state index contributed by atoms with van der Waals surface area (Å²) in [5.74, 6) is 0.581. The van der Waals surface area contributed by atoms with Gasteiger partial charge in [-0.1, -0.05) is 6.92 Å². The van der Waals surface area contributed by atoms with E-state index in [2.05, 4.69) is 16.8 Å². The molecule has 2 rings (SSSR count). The van der Waals surface area contributed by atoms with Gasteiger partial charge in [-0.2, -0.15) is 0 Å². The number of likely N-dealkylation sites (tertiary alicyclic amines) is 1. The van der Waals surface area contributed by atoms with E-state index in [-0.39, 0.29) is 12.4 Å². The molecule has 0 amide bonds. The van der Waals surface area contributed by atoms with Crippen molar-refractivity contribution >= 4 is 0 Å². The van der Waals surface area contributed by atoms with Crippen molar-refractivity contribution in [3.63, 3.8) is 0 Å². The second-order valence-electron chi connectivity index (χ2n) is 4.58. The molecule has 16 heavy (non-hydrogen) atoms. The largest absolute Gasteiger partial charge is 0.396 e. The van der Waals surface area contributed by atoms with Gasteiger partial charge in [-0.05, 0) is 24.0 Å². The lowest BCUT2D eigenvalue weighted by Crippen LogP contribution is -2.21. The van der Waals surface area contributed by atoms with Gasteiger partial charge in [0.2, 0.25) is 0 Å². The normalized spacial score (nSPS) is 26.2. The monoisotopic (exact) mass is 224 g/mol. The van der Waals surface area contributed by atoms with Crippen LogP contribution in [0.2, 0.25) is 0 Å². The van der Waals surface area contributed by atoms with Crippen LogP contribution in [-0.4, -0.2) is 34.7 Å². The molecule has 2 heterocycles. The van der Waals surface area contributed by atoms with E-state index in [1.807, 2.05) is 0 Å². The average molecular weight is 224 g/mol. The van der Waals surface area contributed by atoms with E-state index < -0.39 is 0 Å². The van der Waals surface area contributed by atoms with E-state index in [0.717, 1.165) is 25.3 Å². The maximum atomic E-state index is 12.7. The zero-order chi connectivity index (χ0) is 11.5. The highest BCUT2D eigenvalue weighted by molar-refractivity contribution is 5.05. The Hall–Kier alpha value is -1.00. The van der Waals surface area contributed by atoms with Gasteiger partial charge in [0.25, 0.3) is 0 Å². The molecule has 0 aliphatic carbocycles. The first kappa shape index (κ1) is 11.5. The summed E-state index contributed by atoms with van der Waals surface area (Å²) in [5, 5.41) is 9.16. The molecule has 1 fully saturated rings. The van der Waals surface area contributed by atoms with E-state index >= 15 is 0 Å². The third-order valence-corrected chi connectivity index (χ3v) is 3.25. The lowest BCUT2D eigenvalue weighted by Gasteiger charge is -2.14. The molecule has 0 spiro atoms. The molecule has 1 N–H and O–H groups in total. The zero-order valence-electron chi connectivity index (χ0n) is 9.43. The van der Waals surface area contributed by atoms with Gasteiger partial charge in [-0.15, -0.1) is 0 Å². The Morgan fingerprint density at radius 2 is 2.31 bits per heavy atom. The van der Waals surface area contributed by atoms with Gasteiger partial charge in [0, 0.05) is 26.2 Å². The number of hydrogen-bond acceptors (Lipinski definition) is 3. The number of nitrogens with zero attached hydrogens (tertiary/aromatic N) is 2. The molecule has 0 bridgehead atoms. The van der Waals surface area contributed by atoms with Crippen molar-refractivity contribution in [2.45, 2.75) is 13.5 Å². The van der Waals surface area contributed by atoms with Gasteiger partial charge in [-0.25, -0.2) is 4.39 Å². The lowest BCUT2D eigenvalue weighted by molar-refractivity contribution is 0.204. The summed E-state index contributed by atoms with van der Waals surface area (Å²) in [4.78, 5) is 6.29. The highest BCUT2D eigenvalue weighted by Gasteiger charge is 2.28. The van der Waals surface area contributed by atoms with Crippen molar-refractivity contribution in [2.24, 2.45) is 11.8 Å². The molecule has 0 unspecified atom stereocenters. The van der Waals surface area contributed by atoms with Crippen LogP contribution in [0.5, 0.6) is 0 Å². The summed E-state index contributed by atoms with van der Waals surface area (Å²) in [6.07, 6.45) is 1.25. The molecule has 1 saturated heterocycles. The second kappa shape index (κ2) is 4.89. The summed E-state index contributed by atoms with van der Waals surface area (Å²) in [6, 6.07) is 3.15. The van der Waals surface area contributed by atoms with Crippen molar-refractivity contribution in [1.82, 2.24) is 9.88 Å². The summed E-state index contributed by atoms with van der Waals surface area (Å²) < 4.78 is 12.7. The first-order valence-corrected chi connectivity index (χ1v) is 5.62. The van der Waals surface area contributed by atoms with Crippen LogP contribution >= 0.6 is 0 Å². The minimum absolute atomic E-state index is 0.245. The average Bonchev–Trinajstić information content (AvgIpc) is 2.62. The molecule has 88 valence electrons. The summed E-state index contributed by atoms with van der Waals surface area (Å²) >= 11 is 0. The van der Waals surface area contributed by atoms with E-state index in [0.29, 0.717) is 11.8 Å². The number of hydrogen-bond donors (Lipinski definition) is 1. The third kappa shape index (κ3) is 2.57. The Morgan fingerprint density at radius 1 is 1.50 bits per heavy atom. The Bertz CT molecular complexity index is 341. The molecule has 0 saturated carbocycles. The summed E-state index contributed by atoms with van der Waals surface area (Å²) in [5.41, 5.74) is 0.882. The van der Waals surface area contributed by atoms with Crippen molar-refractivity contribution in [3.8, 4) is 0 Å². The van der Waals surface area contributed by atoms with Gasteiger partial charge >= 0.3 is 0 Å². The fourth-order valence-corrected chi connectivity index (χ4v) is 2.24. The molecule has 2 atom stereocenters. The molecule has 3 nitrogen and oxygen atoms in total. The fraction of sp³-hybridized carbons (Fsp3) is 0.583. The van der Waals surface area contributed by atoms with Gasteiger partial charge in [0.1, 0.15) is 5.82 Å². The first-order chi connectivity index (χ1) is 7.69. The number of aliphatic hydroxyl groups excluding tert-OH is 1. The number of aromatic nitrogens is 1. The van der Waals surface area contributed by atoms with Gasteiger partial charge < -0.3 is 5.11 Å². The summed E-state index contributed by atoms with van der Waals surface area (Å²) in [7, 11) is 0. The second-order valence-corrected chi connectivity index (χ2v) is 4.58. The van der Waals surface area contributed by atoms with E-state index in [9.17, 15) is 4.39 Å². The molecule has 4 heteroatoms. The van der Waals surface area contributed by atoms with Crippen LogP contribution in [0.3, 0.4) is 0 Å². The van der Waals surface area contributed by atoms with Crippen molar-refractivity contribution in [2.75, 3.05) is 19.7 Å². The van der Waals surface area contributed by atoms with Gasteiger partial charge in [-0.3, -0.25) is 9.88 Å². The number of rotatable bonds is 3. The van der Waals surface area contributed by atoms with E-state index in [1.165, 1.54) is 12.3 Å². The van der Waals surface area contributed by atoms with Crippen LogP contribution in [0, 0.1) is 17.7 Å². The molecule has 1 aliphatic heterocycles. The molecule has 1 aromatic heterocycles.